The molecule has 2 atom stereocenters. The van der Waals surface area contributed by atoms with Crippen molar-refractivity contribution in [1.82, 2.24) is 5.32 Å². The van der Waals surface area contributed by atoms with Crippen molar-refractivity contribution in [2.75, 3.05) is 5.75 Å². The van der Waals surface area contributed by atoms with Crippen LogP contribution in [0.2, 0.25) is 0 Å². The Hall–Kier alpha value is -1.44. The van der Waals surface area contributed by atoms with E-state index in [2.05, 4.69) is 43.5 Å². The second-order valence-electron chi connectivity index (χ2n) is 14.3. The van der Waals surface area contributed by atoms with Crippen molar-refractivity contribution in [1.29, 1.82) is 0 Å². The van der Waals surface area contributed by atoms with Gasteiger partial charge in [0.25, 0.3) is 10.1 Å². The van der Waals surface area contributed by atoms with Crippen LogP contribution in [0.3, 0.4) is 0 Å². The van der Waals surface area contributed by atoms with Crippen LogP contribution in [-0.4, -0.2) is 41.9 Å². The van der Waals surface area contributed by atoms with Crippen molar-refractivity contribution >= 4 is 16.0 Å². The lowest BCUT2D eigenvalue weighted by molar-refractivity contribution is -0.122. The summed E-state index contributed by atoms with van der Waals surface area (Å²) >= 11 is 0. The van der Waals surface area contributed by atoms with E-state index in [0.717, 1.165) is 38.5 Å². The minimum Gasteiger partial charge on any atom is -0.387 e. The van der Waals surface area contributed by atoms with Crippen molar-refractivity contribution < 1.29 is 22.9 Å². The standard InChI is InChI=1S/C42H79NO5S/c1-3-5-7-9-11-13-15-17-19-20-21-22-24-25-27-29-31-33-35-37-41(44)40(39-49(46,47)48)43-42(45)38-36-34-32-30-28-26-23-18-16-14-12-10-8-6-4-2/h21-22,27,29,35,37,40-41,44H,3-20,23-26,28,30-34,36,38-39H2,1-2H3,(H,43,45)(H,46,47,48)/b22-21+,29-27+,37-35+. The first-order valence-corrected chi connectivity index (χ1v) is 22.3. The van der Waals surface area contributed by atoms with Crippen LogP contribution in [0.4, 0.5) is 0 Å². The predicted molar refractivity (Wildman–Crippen MR) is 212 cm³/mol. The number of hydrogen-bond acceptors (Lipinski definition) is 4. The van der Waals surface area contributed by atoms with Crippen LogP contribution in [0.1, 0.15) is 206 Å². The van der Waals surface area contributed by atoms with Crippen LogP contribution in [0, 0.1) is 0 Å². The lowest BCUT2D eigenvalue weighted by Gasteiger charge is -2.21. The van der Waals surface area contributed by atoms with Gasteiger partial charge in [-0.05, 0) is 44.9 Å². The molecule has 0 saturated heterocycles. The van der Waals surface area contributed by atoms with Gasteiger partial charge in [0.15, 0.2) is 0 Å². The summed E-state index contributed by atoms with van der Waals surface area (Å²) in [7, 11) is -4.35. The quantitative estimate of drug-likeness (QED) is 0.0338. The Labute approximate surface area is 304 Å². The van der Waals surface area contributed by atoms with Gasteiger partial charge in [-0.1, -0.05) is 192 Å². The lowest BCUT2D eigenvalue weighted by atomic mass is 10.0. The first-order valence-electron chi connectivity index (χ1n) is 20.7. The molecule has 0 spiro atoms. The summed E-state index contributed by atoms with van der Waals surface area (Å²) < 4.78 is 32.5. The van der Waals surface area contributed by atoms with E-state index < -0.39 is 28.0 Å². The number of unbranched alkanes of at least 4 members (excludes halogenated alkanes) is 25. The van der Waals surface area contributed by atoms with E-state index in [0.29, 0.717) is 6.42 Å². The second-order valence-corrected chi connectivity index (χ2v) is 15.8. The molecule has 0 bridgehead atoms. The molecular weight excluding hydrogens is 631 g/mol. The van der Waals surface area contributed by atoms with E-state index in [4.69, 9.17) is 0 Å². The van der Waals surface area contributed by atoms with Crippen LogP contribution in [0.5, 0.6) is 0 Å². The zero-order valence-electron chi connectivity index (χ0n) is 32.1. The van der Waals surface area contributed by atoms with E-state index in [1.165, 1.54) is 147 Å². The Bertz CT molecular complexity index is 914. The average molecular weight is 710 g/mol. The topological polar surface area (TPSA) is 104 Å². The van der Waals surface area contributed by atoms with E-state index in [1.54, 1.807) is 6.08 Å². The summed E-state index contributed by atoms with van der Waals surface area (Å²) in [6.45, 7) is 4.52. The Balaban J connectivity index is 3.99. The first kappa shape index (κ1) is 47.6. The van der Waals surface area contributed by atoms with Crippen LogP contribution >= 0.6 is 0 Å². The Kier molecular flexibility index (Phi) is 35.3. The molecule has 2 unspecified atom stereocenters. The highest BCUT2D eigenvalue weighted by Crippen LogP contribution is 2.14. The first-order chi connectivity index (χ1) is 23.8. The molecule has 0 aliphatic heterocycles. The highest BCUT2D eigenvalue weighted by atomic mass is 32.2. The molecule has 0 aliphatic rings. The van der Waals surface area contributed by atoms with Crippen molar-refractivity contribution in [2.45, 2.75) is 219 Å². The average Bonchev–Trinajstić information content (AvgIpc) is 3.06. The monoisotopic (exact) mass is 710 g/mol. The SMILES string of the molecule is CCCCCCCCCCC/C=C/CC/C=C/CC/C=C/C(O)C(CS(=O)(=O)O)NC(=O)CCCCCCCCCCCCCCCCC. The Morgan fingerprint density at radius 1 is 0.531 bits per heavy atom. The number of aliphatic hydroxyl groups is 1. The molecule has 1 amide bonds. The summed E-state index contributed by atoms with van der Waals surface area (Å²) in [5.74, 6) is -1.00. The van der Waals surface area contributed by atoms with Gasteiger partial charge in [0.05, 0.1) is 17.9 Å². The molecule has 0 aliphatic carbocycles. The van der Waals surface area contributed by atoms with Gasteiger partial charge in [-0.3, -0.25) is 9.35 Å². The van der Waals surface area contributed by atoms with Crippen LogP contribution in [0.15, 0.2) is 36.5 Å². The number of hydrogen-bond donors (Lipinski definition) is 3. The number of aliphatic hydroxyl groups excluding tert-OH is 1. The van der Waals surface area contributed by atoms with Crippen molar-refractivity contribution in [3.05, 3.63) is 36.5 Å². The zero-order valence-corrected chi connectivity index (χ0v) is 32.9. The predicted octanol–water partition coefficient (Wildman–Crippen LogP) is 12.1. The normalized spacial score (nSPS) is 13.6. The van der Waals surface area contributed by atoms with E-state index in [9.17, 15) is 22.9 Å². The van der Waals surface area contributed by atoms with Crippen molar-refractivity contribution in [3.63, 3.8) is 0 Å². The molecule has 0 aromatic rings. The van der Waals surface area contributed by atoms with Gasteiger partial charge < -0.3 is 10.4 Å². The summed E-state index contributed by atoms with van der Waals surface area (Å²) in [5.41, 5.74) is 0. The van der Waals surface area contributed by atoms with E-state index in [-0.39, 0.29) is 12.3 Å². The van der Waals surface area contributed by atoms with Gasteiger partial charge in [0.1, 0.15) is 0 Å². The van der Waals surface area contributed by atoms with Crippen LogP contribution in [0.25, 0.3) is 0 Å². The summed E-state index contributed by atoms with van der Waals surface area (Å²) in [6, 6.07) is -1.08. The van der Waals surface area contributed by atoms with Gasteiger partial charge in [-0.25, -0.2) is 0 Å². The third-order valence-electron chi connectivity index (χ3n) is 9.30. The lowest BCUT2D eigenvalue weighted by Crippen LogP contribution is -2.46. The molecule has 0 radical (unpaired) electrons. The molecule has 3 N–H and O–H groups in total. The maximum absolute atomic E-state index is 12.5. The Morgan fingerprint density at radius 2 is 0.878 bits per heavy atom. The molecule has 0 saturated carbocycles. The smallest absolute Gasteiger partial charge is 0.267 e. The fraction of sp³-hybridized carbons (Fsp3) is 0.833. The minimum atomic E-state index is -4.35. The number of amides is 1. The molecule has 0 aromatic carbocycles. The van der Waals surface area contributed by atoms with Gasteiger partial charge in [-0.15, -0.1) is 0 Å². The molecule has 288 valence electrons. The van der Waals surface area contributed by atoms with Crippen molar-refractivity contribution in [3.8, 4) is 0 Å². The fourth-order valence-electron chi connectivity index (χ4n) is 6.19. The van der Waals surface area contributed by atoms with Gasteiger partial charge in [0, 0.05) is 6.42 Å². The van der Waals surface area contributed by atoms with Gasteiger partial charge in [-0.2, -0.15) is 8.42 Å². The van der Waals surface area contributed by atoms with E-state index in [1.807, 2.05) is 0 Å². The summed E-state index contributed by atoms with van der Waals surface area (Å²) in [5, 5.41) is 13.2. The maximum Gasteiger partial charge on any atom is 0.267 e. The number of nitrogens with one attached hydrogen (secondary N) is 1. The summed E-state index contributed by atoms with van der Waals surface area (Å²) in [4.78, 5) is 12.5. The zero-order chi connectivity index (χ0) is 36.1. The third-order valence-corrected chi connectivity index (χ3v) is 10.1. The second kappa shape index (κ2) is 36.4. The molecule has 49 heavy (non-hydrogen) atoms. The molecule has 6 nitrogen and oxygen atoms in total. The number of allylic oxidation sites excluding steroid dienone is 5. The van der Waals surface area contributed by atoms with Crippen LogP contribution < -0.4 is 5.32 Å². The fourth-order valence-corrected chi connectivity index (χ4v) is 6.92. The maximum atomic E-state index is 12.5. The molecule has 0 fully saturated rings. The van der Waals surface area contributed by atoms with Gasteiger partial charge >= 0.3 is 0 Å². The molecule has 0 rings (SSSR count). The highest BCUT2D eigenvalue weighted by molar-refractivity contribution is 7.85. The summed E-state index contributed by atoms with van der Waals surface area (Å²) in [6.07, 6.45) is 47.0. The van der Waals surface area contributed by atoms with E-state index >= 15 is 0 Å². The molecule has 7 heteroatoms. The largest absolute Gasteiger partial charge is 0.387 e. The molecule has 0 aromatic heterocycles. The third kappa shape index (κ3) is 37.6. The number of carbonyl (C=O) groups is 1. The van der Waals surface area contributed by atoms with Gasteiger partial charge in [0.2, 0.25) is 5.91 Å². The number of carbonyl (C=O) groups excluding carboxylic acids is 1. The highest BCUT2D eigenvalue weighted by Gasteiger charge is 2.24. The Morgan fingerprint density at radius 3 is 1.29 bits per heavy atom. The van der Waals surface area contributed by atoms with Crippen molar-refractivity contribution in [2.24, 2.45) is 0 Å². The number of rotatable bonds is 37. The minimum absolute atomic E-state index is 0.288. The molecular formula is C42H79NO5S. The molecule has 0 heterocycles. The van der Waals surface area contributed by atoms with Crippen LogP contribution in [-0.2, 0) is 14.9 Å².